The fourth-order valence-corrected chi connectivity index (χ4v) is 4.30. The fourth-order valence-electron chi connectivity index (χ4n) is 1.06. The summed E-state index contributed by atoms with van der Waals surface area (Å²) in [5.74, 6) is 0.530. The molecule has 2 N–H and O–H groups in total. The average Bonchev–Trinajstić information content (AvgIpc) is 2.26. The maximum Gasteiger partial charge on any atom is 0.0942 e. The van der Waals surface area contributed by atoms with E-state index in [-0.39, 0.29) is 0 Å². The van der Waals surface area contributed by atoms with Gasteiger partial charge in [-0.25, -0.2) is 0 Å². The highest BCUT2D eigenvalue weighted by Gasteiger charge is 2.16. The van der Waals surface area contributed by atoms with Gasteiger partial charge in [0.25, 0.3) is 0 Å². The normalized spacial score (nSPS) is 13.3. The molecule has 0 aliphatic rings. The van der Waals surface area contributed by atoms with Crippen molar-refractivity contribution in [1.29, 1.82) is 0 Å². The van der Waals surface area contributed by atoms with Gasteiger partial charge in [0, 0.05) is 5.56 Å². The molecule has 0 saturated heterocycles. The molecule has 1 rings (SSSR count). The second-order valence-corrected chi connectivity index (χ2v) is 6.44. The number of halogens is 2. The number of nitrogen functional groups attached to an aromatic ring is 1. The number of hydrogen-bond donors (Lipinski definition) is 1. The highest BCUT2D eigenvalue weighted by Crippen LogP contribution is 2.43. The van der Waals surface area contributed by atoms with E-state index in [9.17, 15) is 0 Å². The molecule has 1 atom stereocenters. The quantitative estimate of drug-likeness (QED) is 0.862. The standard InChI is InChI=1S/C8H11Br2NS/c1-3-4(2)5-6(11)8(10)12-7(5)9/h4H,3,11H2,1-2H3. The van der Waals surface area contributed by atoms with Gasteiger partial charge in [-0.1, -0.05) is 13.8 Å². The molecule has 0 aromatic carbocycles. The predicted octanol–water partition coefficient (Wildman–Crippen LogP) is 4.37. The molecule has 0 aliphatic carbocycles. The number of thiophene rings is 1. The van der Waals surface area contributed by atoms with E-state index in [1.807, 2.05) is 0 Å². The number of rotatable bonds is 2. The van der Waals surface area contributed by atoms with Crippen LogP contribution in [0, 0.1) is 0 Å². The molecule has 0 fully saturated rings. The van der Waals surface area contributed by atoms with Crippen molar-refractivity contribution < 1.29 is 0 Å². The maximum absolute atomic E-state index is 5.91. The first-order valence-corrected chi connectivity index (χ1v) is 6.21. The first-order chi connectivity index (χ1) is 5.57. The molecule has 4 heteroatoms. The highest BCUT2D eigenvalue weighted by molar-refractivity contribution is 9.12. The number of hydrogen-bond acceptors (Lipinski definition) is 2. The molecule has 1 aromatic heterocycles. The zero-order chi connectivity index (χ0) is 9.30. The van der Waals surface area contributed by atoms with Gasteiger partial charge in [0.15, 0.2) is 0 Å². The lowest BCUT2D eigenvalue weighted by atomic mass is 10.0. The summed E-state index contributed by atoms with van der Waals surface area (Å²) in [7, 11) is 0. The van der Waals surface area contributed by atoms with E-state index >= 15 is 0 Å². The topological polar surface area (TPSA) is 26.0 Å². The summed E-state index contributed by atoms with van der Waals surface area (Å²) in [5.41, 5.74) is 8.05. The molecule has 0 amide bonds. The van der Waals surface area contributed by atoms with Crippen molar-refractivity contribution in [1.82, 2.24) is 0 Å². The van der Waals surface area contributed by atoms with Crippen molar-refractivity contribution in [3.63, 3.8) is 0 Å². The third-order valence-corrected chi connectivity index (χ3v) is 4.62. The monoisotopic (exact) mass is 311 g/mol. The van der Waals surface area contributed by atoms with E-state index in [1.165, 1.54) is 5.56 Å². The Morgan fingerprint density at radius 2 is 2.00 bits per heavy atom. The summed E-state index contributed by atoms with van der Waals surface area (Å²) in [6.07, 6.45) is 1.12. The maximum atomic E-state index is 5.91. The Morgan fingerprint density at radius 3 is 2.33 bits per heavy atom. The van der Waals surface area contributed by atoms with Crippen molar-refractivity contribution in [2.75, 3.05) is 5.73 Å². The van der Waals surface area contributed by atoms with E-state index in [1.54, 1.807) is 11.3 Å². The molecule has 1 aromatic rings. The Labute approximate surface area is 93.6 Å². The van der Waals surface area contributed by atoms with Gasteiger partial charge >= 0.3 is 0 Å². The van der Waals surface area contributed by atoms with Crippen LogP contribution in [-0.2, 0) is 0 Å². The second-order valence-electron chi connectivity index (χ2n) is 2.79. The van der Waals surface area contributed by atoms with E-state index in [4.69, 9.17) is 5.73 Å². The number of anilines is 1. The van der Waals surface area contributed by atoms with Crippen molar-refractivity contribution in [2.24, 2.45) is 0 Å². The van der Waals surface area contributed by atoms with Gasteiger partial charge in [0.2, 0.25) is 0 Å². The molecule has 68 valence electrons. The van der Waals surface area contributed by atoms with E-state index in [0.717, 1.165) is 19.7 Å². The van der Waals surface area contributed by atoms with Gasteiger partial charge in [0.05, 0.1) is 13.3 Å². The molecule has 1 unspecified atom stereocenters. The van der Waals surface area contributed by atoms with Crippen LogP contribution in [0.3, 0.4) is 0 Å². The molecular formula is C8H11Br2NS. The zero-order valence-electron chi connectivity index (χ0n) is 7.03. The summed E-state index contributed by atoms with van der Waals surface area (Å²) >= 11 is 8.59. The Kier molecular flexibility index (Phi) is 3.61. The minimum absolute atomic E-state index is 0.530. The Balaban J connectivity index is 3.13. The van der Waals surface area contributed by atoms with Crippen LogP contribution in [0.15, 0.2) is 7.57 Å². The Morgan fingerprint density at radius 1 is 1.42 bits per heavy atom. The fraction of sp³-hybridized carbons (Fsp3) is 0.500. The average molecular weight is 313 g/mol. The third-order valence-electron chi connectivity index (χ3n) is 2.00. The summed E-state index contributed by atoms with van der Waals surface area (Å²) in [6, 6.07) is 0. The van der Waals surface area contributed by atoms with Crippen LogP contribution in [0.25, 0.3) is 0 Å². The van der Waals surface area contributed by atoms with Crippen LogP contribution in [0.5, 0.6) is 0 Å². The van der Waals surface area contributed by atoms with Crippen molar-refractivity contribution in [3.05, 3.63) is 13.1 Å². The Hall–Kier alpha value is 0.460. The first-order valence-electron chi connectivity index (χ1n) is 3.81. The van der Waals surface area contributed by atoms with Crippen LogP contribution >= 0.6 is 43.2 Å². The van der Waals surface area contributed by atoms with E-state index < -0.39 is 0 Å². The molecule has 0 bridgehead atoms. The summed E-state index contributed by atoms with van der Waals surface area (Å²) in [4.78, 5) is 0. The molecule has 0 spiro atoms. The van der Waals surface area contributed by atoms with Crippen molar-refractivity contribution in [2.45, 2.75) is 26.2 Å². The summed E-state index contributed by atoms with van der Waals surface area (Å²) in [6.45, 7) is 4.36. The SMILES string of the molecule is CCC(C)c1c(Br)sc(Br)c1N. The Bertz CT molecular complexity index is 283. The molecular weight excluding hydrogens is 302 g/mol. The van der Waals surface area contributed by atoms with Crippen LogP contribution in [0.4, 0.5) is 5.69 Å². The van der Waals surface area contributed by atoms with Crippen LogP contribution in [-0.4, -0.2) is 0 Å². The lowest BCUT2D eigenvalue weighted by molar-refractivity contribution is 0.736. The van der Waals surface area contributed by atoms with Gasteiger partial charge < -0.3 is 5.73 Å². The minimum Gasteiger partial charge on any atom is -0.397 e. The number of nitrogens with two attached hydrogens (primary N) is 1. The second kappa shape index (κ2) is 4.11. The van der Waals surface area contributed by atoms with Gasteiger partial charge in [-0.15, -0.1) is 11.3 Å². The first kappa shape index (κ1) is 10.5. The van der Waals surface area contributed by atoms with E-state index in [2.05, 4.69) is 45.7 Å². The van der Waals surface area contributed by atoms with E-state index in [0.29, 0.717) is 5.92 Å². The predicted molar refractivity (Wildman–Crippen MR) is 62.8 cm³/mol. The summed E-state index contributed by atoms with van der Waals surface area (Å²) < 4.78 is 2.19. The third kappa shape index (κ3) is 1.86. The van der Waals surface area contributed by atoms with Gasteiger partial charge in [-0.3, -0.25) is 0 Å². The van der Waals surface area contributed by atoms with Crippen LogP contribution < -0.4 is 5.73 Å². The van der Waals surface area contributed by atoms with Gasteiger partial charge in [-0.2, -0.15) is 0 Å². The molecule has 12 heavy (non-hydrogen) atoms. The smallest absolute Gasteiger partial charge is 0.0942 e. The highest BCUT2D eigenvalue weighted by atomic mass is 79.9. The molecule has 0 radical (unpaired) electrons. The molecule has 0 saturated carbocycles. The van der Waals surface area contributed by atoms with Crippen LogP contribution in [0.2, 0.25) is 0 Å². The minimum atomic E-state index is 0.530. The lowest BCUT2D eigenvalue weighted by Crippen LogP contribution is -1.95. The molecule has 1 heterocycles. The van der Waals surface area contributed by atoms with Crippen molar-refractivity contribution >= 4 is 48.9 Å². The van der Waals surface area contributed by atoms with Crippen molar-refractivity contribution in [3.8, 4) is 0 Å². The largest absolute Gasteiger partial charge is 0.397 e. The van der Waals surface area contributed by atoms with Gasteiger partial charge in [0.1, 0.15) is 0 Å². The van der Waals surface area contributed by atoms with Crippen LogP contribution in [0.1, 0.15) is 31.7 Å². The summed E-state index contributed by atoms with van der Waals surface area (Å²) in [5, 5.41) is 0. The zero-order valence-corrected chi connectivity index (χ0v) is 11.0. The van der Waals surface area contributed by atoms with Gasteiger partial charge in [-0.05, 0) is 44.2 Å². The molecule has 0 aliphatic heterocycles. The lowest BCUT2D eigenvalue weighted by Gasteiger charge is -2.08. The molecule has 1 nitrogen and oxygen atoms in total.